The van der Waals surface area contributed by atoms with Crippen molar-refractivity contribution in [3.63, 3.8) is 0 Å². The van der Waals surface area contributed by atoms with Gasteiger partial charge >= 0.3 is 6.03 Å². The van der Waals surface area contributed by atoms with Gasteiger partial charge in [-0.25, -0.2) is 4.79 Å². The molecule has 2 fully saturated rings. The van der Waals surface area contributed by atoms with Gasteiger partial charge in [-0.3, -0.25) is 14.5 Å². The fourth-order valence-corrected chi connectivity index (χ4v) is 5.56. The summed E-state index contributed by atoms with van der Waals surface area (Å²) in [7, 11) is 0. The highest BCUT2D eigenvalue weighted by Gasteiger charge is 2.50. The van der Waals surface area contributed by atoms with E-state index in [0.29, 0.717) is 36.8 Å². The van der Waals surface area contributed by atoms with Gasteiger partial charge in [0.2, 0.25) is 5.91 Å². The molecule has 1 N–H and O–H groups in total. The summed E-state index contributed by atoms with van der Waals surface area (Å²) in [5.41, 5.74) is 0.416. The average Bonchev–Trinajstić information content (AvgIpc) is 3.39. The van der Waals surface area contributed by atoms with Crippen LogP contribution in [0.1, 0.15) is 43.4 Å². The second-order valence-corrected chi connectivity index (χ2v) is 10.0. The number of hydrogen-bond donors (Lipinski definition) is 1. The largest absolute Gasteiger partial charge is 0.490 e. The van der Waals surface area contributed by atoms with Crippen molar-refractivity contribution >= 4 is 28.6 Å². The van der Waals surface area contributed by atoms with Gasteiger partial charge < -0.3 is 19.7 Å². The number of likely N-dealkylation sites (tertiary alicyclic amines) is 1. The van der Waals surface area contributed by atoms with Gasteiger partial charge in [-0.2, -0.15) is 0 Å². The van der Waals surface area contributed by atoms with Gasteiger partial charge in [-0.05, 0) is 59.9 Å². The van der Waals surface area contributed by atoms with Crippen LogP contribution in [0, 0.1) is 0 Å². The average molecular weight is 500 g/mol. The van der Waals surface area contributed by atoms with Crippen LogP contribution in [0.2, 0.25) is 0 Å². The molecular formula is C29H29N3O5. The normalized spacial score (nSPS) is 23.3. The first kappa shape index (κ1) is 23.3. The van der Waals surface area contributed by atoms with Crippen LogP contribution in [0.5, 0.6) is 11.5 Å². The summed E-state index contributed by atoms with van der Waals surface area (Å²) in [5.74, 6) is 0.729. The predicted molar refractivity (Wildman–Crippen MR) is 137 cm³/mol. The first-order valence-corrected chi connectivity index (χ1v) is 12.8. The Kier molecular flexibility index (Phi) is 5.74. The van der Waals surface area contributed by atoms with Crippen LogP contribution in [0.15, 0.2) is 60.7 Å². The van der Waals surface area contributed by atoms with Gasteiger partial charge in [0.1, 0.15) is 12.1 Å². The lowest BCUT2D eigenvalue weighted by atomic mass is 9.90. The molecule has 0 radical (unpaired) electrons. The van der Waals surface area contributed by atoms with E-state index < -0.39 is 17.5 Å². The zero-order chi connectivity index (χ0) is 25.6. The summed E-state index contributed by atoms with van der Waals surface area (Å²) in [6.07, 6.45) is 2.47. The lowest BCUT2D eigenvalue weighted by Crippen LogP contribution is -2.44. The van der Waals surface area contributed by atoms with Crippen LogP contribution in [-0.2, 0) is 15.1 Å². The third kappa shape index (κ3) is 4.06. The first-order valence-electron chi connectivity index (χ1n) is 12.8. The van der Waals surface area contributed by atoms with Crippen LogP contribution in [0.4, 0.5) is 4.79 Å². The number of urea groups is 1. The Morgan fingerprint density at radius 3 is 2.59 bits per heavy atom. The molecule has 3 heterocycles. The molecule has 2 unspecified atom stereocenters. The lowest BCUT2D eigenvalue weighted by molar-refractivity contribution is -0.139. The minimum absolute atomic E-state index is 0.141. The molecule has 8 heteroatoms. The van der Waals surface area contributed by atoms with Gasteiger partial charge in [0, 0.05) is 13.0 Å². The number of ether oxygens (including phenoxy) is 2. The minimum atomic E-state index is -1.24. The summed E-state index contributed by atoms with van der Waals surface area (Å²) in [6.45, 7) is 3.17. The van der Waals surface area contributed by atoms with Gasteiger partial charge in [-0.1, -0.05) is 42.5 Å². The molecule has 6 rings (SSSR count). The number of benzene rings is 3. The molecule has 2 saturated heterocycles. The fraction of sp³-hybridized carbons (Fsp3) is 0.345. The van der Waals surface area contributed by atoms with E-state index in [1.807, 2.05) is 60.7 Å². The molecule has 0 saturated carbocycles. The van der Waals surface area contributed by atoms with E-state index in [2.05, 4.69) is 5.32 Å². The summed E-state index contributed by atoms with van der Waals surface area (Å²) >= 11 is 0. The van der Waals surface area contributed by atoms with Gasteiger partial charge in [0.15, 0.2) is 11.5 Å². The van der Waals surface area contributed by atoms with Crippen molar-refractivity contribution in [2.45, 2.75) is 37.8 Å². The smallest absolute Gasteiger partial charge is 0.325 e. The molecule has 3 aliphatic heterocycles. The zero-order valence-corrected chi connectivity index (χ0v) is 20.7. The van der Waals surface area contributed by atoms with E-state index >= 15 is 0 Å². The van der Waals surface area contributed by atoms with Crippen molar-refractivity contribution in [2.24, 2.45) is 0 Å². The number of nitrogens with one attached hydrogen (secondary N) is 1. The highest BCUT2D eigenvalue weighted by atomic mass is 16.5. The highest BCUT2D eigenvalue weighted by Crippen LogP contribution is 2.38. The molecule has 3 aromatic rings. The molecular weight excluding hydrogens is 470 g/mol. The zero-order valence-electron chi connectivity index (χ0n) is 20.7. The molecule has 190 valence electrons. The quantitative estimate of drug-likeness (QED) is 0.546. The van der Waals surface area contributed by atoms with Crippen LogP contribution in [0.25, 0.3) is 10.8 Å². The lowest BCUT2D eigenvalue weighted by Gasteiger charge is -2.27. The third-order valence-corrected chi connectivity index (χ3v) is 7.62. The maximum absolute atomic E-state index is 13.5. The predicted octanol–water partition coefficient (Wildman–Crippen LogP) is 4.13. The van der Waals surface area contributed by atoms with E-state index in [-0.39, 0.29) is 18.5 Å². The molecule has 4 amide bonds. The second kappa shape index (κ2) is 9.10. The number of nitrogens with zero attached hydrogens (tertiary/aromatic N) is 2. The molecule has 2 atom stereocenters. The van der Waals surface area contributed by atoms with E-state index in [0.717, 1.165) is 40.5 Å². The molecule has 3 aromatic carbocycles. The maximum Gasteiger partial charge on any atom is 0.325 e. The van der Waals surface area contributed by atoms with Crippen molar-refractivity contribution < 1.29 is 23.9 Å². The van der Waals surface area contributed by atoms with E-state index in [1.54, 1.807) is 11.8 Å². The van der Waals surface area contributed by atoms with Crippen molar-refractivity contribution in [1.82, 2.24) is 15.1 Å². The fourth-order valence-electron chi connectivity index (χ4n) is 5.56. The van der Waals surface area contributed by atoms with Crippen LogP contribution < -0.4 is 14.8 Å². The Bertz CT molecular complexity index is 1410. The molecule has 0 aliphatic carbocycles. The molecule has 0 aromatic heterocycles. The second-order valence-electron chi connectivity index (χ2n) is 10.0. The Balaban J connectivity index is 1.21. The van der Waals surface area contributed by atoms with Crippen molar-refractivity contribution in [3.05, 3.63) is 71.8 Å². The summed E-state index contributed by atoms with van der Waals surface area (Å²) in [6, 6.07) is 18.7. The summed E-state index contributed by atoms with van der Waals surface area (Å²) < 4.78 is 11.6. The number of carbonyl (C=O) groups is 3. The van der Waals surface area contributed by atoms with E-state index in [9.17, 15) is 14.4 Å². The first-order chi connectivity index (χ1) is 17.9. The standard InChI is InChI=1S/C29H29N3O5/c1-29(22-11-9-19-6-2-3-7-20(19)16-22)27(34)32(28(35)30-29)18-26(33)31-13-4-8-23(31)21-10-12-24-25(17-21)37-15-5-14-36-24/h2-3,6-7,9-12,16-17,23H,4-5,8,13-15,18H2,1H3,(H,30,35). The van der Waals surface area contributed by atoms with Crippen molar-refractivity contribution in [2.75, 3.05) is 26.3 Å². The van der Waals surface area contributed by atoms with Crippen LogP contribution in [-0.4, -0.2) is 53.9 Å². The van der Waals surface area contributed by atoms with Crippen molar-refractivity contribution in [1.29, 1.82) is 0 Å². The molecule has 0 spiro atoms. The molecule has 37 heavy (non-hydrogen) atoms. The number of rotatable bonds is 4. The number of hydrogen-bond acceptors (Lipinski definition) is 5. The SMILES string of the molecule is CC1(c2ccc3ccccc3c2)NC(=O)N(CC(=O)N2CCCC2c2ccc3c(c2)OCCCO3)C1=O. The number of amides is 4. The third-order valence-electron chi connectivity index (χ3n) is 7.62. The highest BCUT2D eigenvalue weighted by molar-refractivity contribution is 6.09. The molecule has 3 aliphatic rings. The minimum Gasteiger partial charge on any atom is -0.490 e. The number of imide groups is 1. The van der Waals surface area contributed by atoms with Gasteiger partial charge in [-0.15, -0.1) is 0 Å². The monoisotopic (exact) mass is 499 g/mol. The topological polar surface area (TPSA) is 88.2 Å². The summed E-state index contributed by atoms with van der Waals surface area (Å²) in [5, 5.41) is 4.86. The van der Waals surface area contributed by atoms with E-state index in [1.165, 1.54) is 0 Å². The Morgan fingerprint density at radius 2 is 1.76 bits per heavy atom. The van der Waals surface area contributed by atoms with Crippen LogP contribution >= 0.6 is 0 Å². The van der Waals surface area contributed by atoms with Gasteiger partial charge in [0.25, 0.3) is 5.91 Å². The summed E-state index contributed by atoms with van der Waals surface area (Å²) in [4.78, 5) is 42.7. The Hall–Kier alpha value is -4.07. The van der Waals surface area contributed by atoms with Gasteiger partial charge in [0.05, 0.1) is 19.3 Å². The Labute approximate surface area is 215 Å². The number of carbonyl (C=O) groups excluding carboxylic acids is 3. The van der Waals surface area contributed by atoms with Crippen molar-refractivity contribution in [3.8, 4) is 11.5 Å². The molecule has 8 nitrogen and oxygen atoms in total. The Morgan fingerprint density at radius 1 is 0.973 bits per heavy atom. The maximum atomic E-state index is 13.5. The van der Waals surface area contributed by atoms with Crippen LogP contribution in [0.3, 0.4) is 0 Å². The van der Waals surface area contributed by atoms with E-state index in [4.69, 9.17) is 9.47 Å². The number of fused-ring (bicyclic) bond motifs is 2. The molecule has 0 bridgehead atoms.